The van der Waals surface area contributed by atoms with Crippen LogP contribution in [0, 0.1) is 10.8 Å². The molecule has 2 heterocycles. The van der Waals surface area contributed by atoms with Gasteiger partial charge in [0, 0.05) is 12.6 Å². The van der Waals surface area contributed by atoms with Gasteiger partial charge in [0.1, 0.15) is 4.88 Å². The molecule has 0 radical (unpaired) electrons. The molecule has 5 heteroatoms. The van der Waals surface area contributed by atoms with Crippen molar-refractivity contribution >= 4 is 23.2 Å². The molecule has 22 heavy (non-hydrogen) atoms. The van der Waals surface area contributed by atoms with Crippen LogP contribution in [-0.2, 0) is 9.53 Å². The molecule has 0 N–H and O–H groups in total. The Kier molecular flexibility index (Phi) is 3.79. The zero-order chi connectivity index (χ0) is 16.0. The number of likely N-dealkylation sites (tertiary alicyclic amines) is 1. The zero-order valence-corrected chi connectivity index (χ0v) is 14.2. The van der Waals surface area contributed by atoms with Crippen molar-refractivity contribution in [2.45, 2.75) is 46.1 Å². The second-order valence-electron chi connectivity index (χ2n) is 7.79. The first-order valence-electron chi connectivity index (χ1n) is 7.78. The highest BCUT2D eigenvalue weighted by Gasteiger charge is 2.50. The molecule has 2 atom stereocenters. The Balaban J connectivity index is 1.60. The summed E-state index contributed by atoms with van der Waals surface area (Å²) in [7, 11) is 0. The minimum atomic E-state index is -0.405. The van der Waals surface area contributed by atoms with E-state index in [4.69, 9.17) is 4.74 Å². The lowest BCUT2D eigenvalue weighted by atomic mass is 9.65. The average Bonchev–Trinajstić information content (AvgIpc) is 3.00. The Morgan fingerprint density at radius 2 is 2.14 bits per heavy atom. The maximum atomic E-state index is 12.5. The summed E-state index contributed by atoms with van der Waals surface area (Å²) < 4.78 is 5.17. The van der Waals surface area contributed by atoms with E-state index in [1.807, 2.05) is 10.3 Å². The first-order valence-corrected chi connectivity index (χ1v) is 8.66. The fourth-order valence-electron chi connectivity index (χ4n) is 4.43. The average molecular weight is 321 g/mol. The van der Waals surface area contributed by atoms with Crippen molar-refractivity contribution < 1.29 is 14.3 Å². The van der Waals surface area contributed by atoms with Gasteiger partial charge in [-0.25, -0.2) is 4.79 Å². The van der Waals surface area contributed by atoms with Gasteiger partial charge in [-0.05, 0) is 41.5 Å². The number of nitrogens with zero attached hydrogens (tertiary/aromatic N) is 1. The lowest BCUT2D eigenvalue weighted by Gasteiger charge is -2.39. The molecule has 1 saturated carbocycles. The minimum Gasteiger partial charge on any atom is -0.451 e. The highest BCUT2D eigenvalue weighted by molar-refractivity contribution is 7.11. The predicted molar refractivity (Wildman–Crippen MR) is 85.8 cm³/mol. The summed E-state index contributed by atoms with van der Waals surface area (Å²) >= 11 is 1.33. The molecule has 120 valence electrons. The molecule has 4 nitrogen and oxygen atoms in total. The molecule has 1 amide bonds. The van der Waals surface area contributed by atoms with Gasteiger partial charge in [-0.1, -0.05) is 26.8 Å². The van der Waals surface area contributed by atoms with Gasteiger partial charge in [0.25, 0.3) is 5.91 Å². The number of carbonyl (C=O) groups excluding carboxylic acids is 2. The molecule has 2 aliphatic rings. The van der Waals surface area contributed by atoms with Crippen molar-refractivity contribution in [2.75, 3.05) is 13.2 Å². The molecule has 1 aromatic heterocycles. The molecule has 1 saturated heterocycles. The molecule has 1 aliphatic carbocycles. The number of hydrogen-bond donors (Lipinski definition) is 0. The number of thiophene rings is 1. The summed E-state index contributed by atoms with van der Waals surface area (Å²) in [5, 5.41) is 1.82. The van der Waals surface area contributed by atoms with Gasteiger partial charge in [0.15, 0.2) is 6.61 Å². The molecule has 1 aromatic rings. The number of ether oxygens (including phenoxy) is 1. The Bertz CT molecular complexity index is 581. The van der Waals surface area contributed by atoms with Crippen molar-refractivity contribution in [3.8, 4) is 0 Å². The molecule has 2 unspecified atom stereocenters. The fraction of sp³-hybridized carbons (Fsp3) is 0.647. The third kappa shape index (κ3) is 3.05. The topological polar surface area (TPSA) is 46.6 Å². The van der Waals surface area contributed by atoms with E-state index in [1.54, 1.807) is 12.1 Å². The molecular formula is C17H23NO3S. The van der Waals surface area contributed by atoms with Crippen LogP contribution in [0.3, 0.4) is 0 Å². The Morgan fingerprint density at radius 1 is 1.36 bits per heavy atom. The number of esters is 1. The van der Waals surface area contributed by atoms with Crippen LogP contribution < -0.4 is 0 Å². The monoisotopic (exact) mass is 321 g/mol. The van der Waals surface area contributed by atoms with Crippen LogP contribution in [-0.4, -0.2) is 36.0 Å². The van der Waals surface area contributed by atoms with Gasteiger partial charge < -0.3 is 9.64 Å². The van der Waals surface area contributed by atoms with E-state index in [9.17, 15) is 9.59 Å². The van der Waals surface area contributed by atoms with E-state index >= 15 is 0 Å². The quantitative estimate of drug-likeness (QED) is 0.802. The van der Waals surface area contributed by atoms with E-state index in [0.29, 0.717) is 10.9 Å². The van der Waals surface area contributed by atoms with E-state index in [1.165, 1.54) is 11.3 Å². The second kappa shape index (κ2) is 5.37. The number of carbonyl (C=O) groups is 2. The van der Waals surface area contributed by atoms with Crippen LogP contribution in [0.5, 0.6) is 0 Å². The van der Waals surface area contributed by atoms with Crippen LogP contribution in [0.2, 0.25) is 0 Å². The van der Waals surface area contributed by atoms with Crippen molar-refractivity contribution in [2.24, 2.45) is 10.8 Å². The second-order valence-corrected chi connectivity index (χ2v) is 8.74. The molecule has 3 rings (SSSR count). The third-order valence-electron chi connectivity index (χ3n) is 4.78. The summed E-state index contributed by atoms with van der Waals surface area (Å²) in [5.74, 6) is -0.464. The van der Waals surface area contributed by atoms with Crippen molar-refractivity contribution in [3.63, 3.8) is 0 Å². The minimum absolute atomic E-state index is 0.0590. The lowest BCUT2D eigenvalue weighted by molar-refractivity contribution is -0.135. The molecule has 0 spiro atoms. The summed E-state index contributed by atoms with van der Waals surface area (Å²) in [4.78, 5) is 26.8. The third-order valence-corrected chi connectivity index (χ3v) is 5.63. The van der Waals surface area contributed by atoms with Crippen LogP contribution in [0.15, 0.2) is 17.5 Å². The van der Waals surface area contributed by atoms with Gasteiger partial charge in [-0.3, -0.25) is 4.79 Å². The highest BCUT2D eigenvalue weighted by Crippen LogP contribution is 2.52. The maximum absolute atomic E-state index is 12.5. The summed E-state index contributed by atoms with van der Waals surface area (Å²) in [6, 6.07) is 3.81. The van der Waals surface area contributed by atoms with Crippen LogP contribution >= 0.6 is 11.3 Å². The smallest absolute Gasteiger partial charge is 0.348 e. The number of hydrogen-bond acceptors (Lipinski definition) is 4. The normalized spacial score (nSPS) is 29.4. The van der Waals surface area contributed by atoms with Crippen LogP contribution in [0.4, 0.5) is 0 Å². The van der Waals surface area contributed by atoms with Crippen LogP contribution in [0.1, 0.15) is 49.7 Å². The lowest BCUT2D eigenvalue weighted by Crippen LogP contribution is -2.39. The molecular weight excluding hydrogens is 298 g/mol. The summed E-state index contributed by atoms with van der Waals surface area (Å²) in [6.45, 7) is 7.47. The van der Waals surface area contributed by atoms with Crippen LogP contribution in [0.25, 0.3) is 0 Å². The molecule has 2 fully saturated rings. The van der Waals surface area contributed by atoms with E-state index in [2.05, 4.69) is 20.8 Å². The SMILES string of the molecule is CC1(C)CC2CC(C)(CN2C(=O)COC(=O)c2cccs2)C1. The van der Waals surface area contributed by atoms with E-state index in [0.717, 1.165) is 25.8 Å². The largest absolute Gasteiger partial charge is 0.451 e. The van der Waals surface area contributed by atoms with Gasteiger partial charge in [-0.2, -0.15) is 0 Å². The first kappa shape index (κ1) is 15.5. The molecule has 1 aliphatic heterocycles. The number of amides is 1. The first-order chi connectivity index (χ1) is 10.3. The summed E-state index contributed by atoms with van der Waals surface area (Å²) in [5.41, 5.74) is 0.486. The zero-order valence-electron chi connectivity index (χ0n) is 13.4. The number of rotatable bonds is 3. The predicted octanol–water partition coefficient (Wildman–Crippen LogP) is 3.33. The summed E-state index contributed by atoms with van der Waals surface area (Å²) in [6.07, 6.45) is 3.25. The van der Waals surface area contributed by atoms with E-state index in [-0.39, 0.29) is 23.3 Å². The Morgan fingerprint density at radius 3 is 2.82 bits per heavy atom. The maximum Gasteiger partial charge on any atom is 0.348 e. The van der Waals surface area contributed by atoms with Gasteiger partial charge in [-0.15, -0.1) is 11.3 Å². The van der Waals surface area contributed by atoms with Gasteiger partial charge >= 0.3 is 5.97 Å². The Hall–Kier alpha value is -1.36. The van der Waals surface area contributed by atoms with Crippen molar-refractivity contribution in [3.05, 3.63) is 22.4 Å². The Labute approximate surface area is 135 Å². The van der Waals surface area contributed by atoms with Crippen molar-refractivity contribution in [1.29, 1.82) is 0 Å². The highest BCUT2D eigenvalue weighted by atomic mass is 32.1. The van der Waals surface area contributed by atoms with Gasteiger partial charge in [0.05, 0.1) is 0 Å². The van der Waals surface area contributed by atoms with Crippen molar-refractivity contribution in [1.82, 2.24) is 4.90 Å². The number of fused-ring (bicyclic) bond motifs is 2. The fourth-order valence-corrected chi connectivity index (χ4v) is 5.04. The van der Waals surface area contributed by atoms with E-state index < -0.39 is 5.97 Å². The molecule has 2 bridgehead atoms. The van der Waals surface area contributed by atoms with Gasteiger partial charge in [0.2, 0.25) is 0 Å². The standard InChI is InChI=1S/C17H23NO3S/c1-16(2)7-12-8-17(3,10-16)11-18(12)14(19)9-21-15(20)13-5-4-6-22-13/h4-6,12H,7-11H2,1-3H3. The molecule has 0 aromatic carbocycles.